The molecule has 27 heavy (non-hydrogen) atoms. The monoisotopic (exact) mass is 412 g/mol. The molecule has 0 aromatic carbocycles. The molecule has 0 aliphatic heterocycles. The fourth-order valence-electron chi connectivity index (χ4n) is 3.86. The highest BCUT2D eigenvalue weighted by Crippen LogP contribution is 2.21. The van der Waals surface area contributed by atoms with Crippen LogP contribution in [-0.4, -0.2) is 28.5 Å². The first-order valence-electron chi connectivity index (χ1n) is 12.5. The molecule has 0 aliphatic rings. The summed E-state index contributed by atoms with van der Waals surface area (Å²) in [5.41, 5.74) is 0. The molecule has 0 spiro atoms. The van der Waals surface area contributed by atoms with Gasteiger partial charge in [0.1, 0.15) is 17.2 Å². The number of rotatable bonds is 20. The van der Waals surface area contributed by atoms with Crippen LogP contribution >= 0.6 is 0 Å². The standard InChI is InChI=1S/C24H54NSi2/c1-7-9-11-13-15-17-19-21-23-26(25(3)27(4,5)6)24-22-20-18-16-14-12-10-8-2/h7-24H2,1-6H3. The third-order valence-corrected chi connectivity index (χ3v) is 13.9. The van der Waals surface area contributed by atoms with E-state index < -0.39 is 8.24 Å². The van der Waals surface area contributed by atoms with E-state index in [1.54, 1.807) is 0 Å². The van der Waals surface area contributed by atoms with Crippen molar-refractivity contribution in [2.45, 2.75) is 148 Å². The maximum Gasteiger partial charge on any atom is 0.129 e. The smallest absolute Gasteiger partial charge is 0.129 e. The molecule has 1 nitrogen and oxygen atoms in total. The van der Waals surface area contributed by atoms with Crippen LogP contribution in [0.5, 0.6) is 0 Å². The van der Waals surface area contributed by atoms with Crippen molar-refractivity contribution in [3.05, 3.63) is 0 Å². The molecule has 0 unspecified atom stereocenters. The second-order valence-corrected chi connectivity index (χ2v) is 18.0. The highest BCUT2D eigenvalue weighted by molar-refractivity contribution is 6.83. The molecule has 0 aromatic rings. The largest absolute Gasteiger partial charge is 0.349 e. The van der Waals surface area contributed by atoms with Crippen LogP contribution in [0.2, 0.25) is 31.7 Å². The van der Waals surface area contributed by atoms with Gasteiger partial charge in [-0.05, 0) is 19.1 Å². The molecule has 3 heteroatoms. The molecular weight excluding hydrogens is 358 g/mol. The minimum absolute atomic E-state index is 0.287. The first kappa shape index (κ1) is 27.4. The summed E-state index contributed by atoms with van der Waals surface area (Å²) in [5.74, 6) is 0. The van der Waals surface area contributed by atoms with Gasteiger partial charge in [0.2, 0.25) is 0 Å². The summed E-state index contributed by atoms with van der Waals surface area (Å²) in [6, 6.07) is 3.08. The van der Waals surface area contributed by atoms with Crippen molar-refractivity contribution < 1.29 is 0 Å². The van der Waals surface area contributed by atoms with E-state index in [1.807, 2.05) is 0 Å². The maximum absolute atomic E-state index is 2.90. The molecule has 0 amide bonds. The molecule has 0 aromatic heterocycles. The number of nitrogens with zero attached hydrogens (tertiary/aromatic N) is 1. The van der Waals surface area contributed by atoms with Crippen molar-refractivity contribution in [3.63, 3.8) is 0 Å². The lowest BCUT2D eigenvalue weighted by Gasteiger charge is -2.36. The lowest BCUT2D eigenvalue weighted by molar-refractivity contribution is 0.576. The van der Waals surface area contributed by atoms with Crippen LogP contribution in [0.3, 0.4) is 0 Å². The second-order valence-electron chi connectivity index (χ2n) is 9.75. The summed E-state index contributed by atoms with van der Waals surface area (Å²) in [7, 11) is 1.06. The SMILES string of the molecule is CCCCCCCCCC[Si](CCCCCCCCCC)N(C)[Si](C)(C)C. The first-order valence-corrected chi connectivity index (χ1v) is 17.8. The Hall–Kier alpha value is 0.394. The average Bonchev–Trinajstić information content (AvgIpc) is 2.63. The predicted octanol–water partition coefficient (Wildman–Crippen LogP) is 9.03. The molecule has 0 atom stereocenters. The van der Waals surface area contributed by atoms with Gasteiger partial charge in [-0.15, -0.1) is 0 Å². The zero-order chi connectivity index (χ0) is 20.4. The van der Waals surface area contributed by atoms with Crippen LogP contribution in [0.25, 0.3) is 0 Å². The third kappa shape index (κ3) is 17.0. The van der Waals surface area contributed by atoms with Gasteiger partial charge in [-0.25, -0.2) is 0 Å². The van der Waals surface area contributed by atoms with Crippen LogP contribution in [0.4, 0.5) is 0 Å². The van der Waals surface area contributed by atoms with Crippen LogP contribution in [0, 0.1) is 0 Å². The minimum Gasteiger partial charge on any atom is -0.349 e. The van der Waals surface area contributed by atoms with E-state index in [-0.39, 0.29) is 8.96 Å². The fraction of sp³-hybridized carbons (Fsp3) is 1.00. The number of hydrogen-bond acceptors (Lipinski definition) is 1. The Balaban J connectivity index is 3.95. The van der Waals surface area contributed by atoms with Crippen LogP contribution in [-0.2, 0) is 0 Å². The quantitative estimate of drug-likeness (QED) is 0.142. The topological polar surface area (TPSA) is 3.24 Å². The average molecular weight is 413 g/mol. The first-order chi connectivity index (χ1) is 12.9. The van der Waals surface area contributed by atoms with E-state index in [0.29, 0.717) is 0 Å². The molecule has 0 fully saturated rings. The van der Waals surface area contributed by atoms with Crippen LogP contribution in [0.1, 0.15) is 117 Å². The van der Waals surface area contributed by atoms with Crippen LogP contribution < -0.4 is 0 Å². The highest BCUT2D eigenvalue weighted by Gasteiger charge is 2.27. The van der Waals surface area contributed by atoms with Crippen LogP contribution in [0.15, 0.2) is 0 Å². The van der Waals surface area contributed by atoms with E-state index in [9.17, 15) is 0 Å². The number of hydrogen-bond donors (Lipinski definition) is 0. The second kappa shape index (κ2) is 18.4. The van der Waals surface area contributed by atoms with Gasteiger partial charge in [0.15, 0.2) is 0 Å². The summed E-state index contributed by atoms with van der Waals surface area (Å²) < 4.78 is 2.90. The Labute approximate surface area is 176 Å². The van der Waals surface area contributed by atoms with E-state index in [0.717, 1.165) is 0 Å². The van der Waals surface area contributed by atoms with E-state index in [1.165, 1.54) is 115 Å². The molecule has 0 rings (SSSR count). The summed E-state index contributed by atoms with van der Waals surface area (Å²) in [4.78, 5) is 0. The molecular formula is C24H54NSi2. The Kier molecular flexibility index (Phi) is 18.7. The number of unbranched alkanes of at least 4 members (excludes halogenated alkanes) is 14. The molecule has 0 heterocycles. The van der Waals surface area contributed by atoms with Gasteiger partial charge in [-0.2, -0.15) is 0 Å². The van der Waals surface area contributed by atoms with Gasteiger partial charge in [-0.3, -0.25) is 0 Å². The Morgan fingerprint density at radius 3 is 1.11 bits per heavy atom. The fourth-order valence-corrected chi connectivity index (χ4v) is 10.6. The van der Waals surface area contributed by atoms with Gasteiger partial charge in [0.25, 0.3) is 0 Å². The summed E-state index contributed by atoms with van der Waals surface area (Å²) in [5, 5.41) is 0. The minimum atomic E-state index is -1.13. The molecule has 0 bridgehead atoms. The van der Waals surface area contributed by atoms with Crippen molar-refractivity contribution >= 4 is 17.2 Å². The lowest BCUT2D eigenvalue weighted by Crippen LogP contribution is -2.51. The van der Waals surface area contributed by atoms with Gasteiger partial charge in [0.05, 0.1) is 0 Å². The van der Waals surface area contributed by atoms with E-state index in [4.69, 9.17) is 0 Å². The predicted molar refractivity (Wildman–Crippen MR) is 132 cm³/mol. The molecule has 0 N–H and O–H groups in total. The zero-order valence-electron chi connectivity index (χ0n) is 20.2. The molecule has 163 valence electrons. The van der Waals surface area contributed by atoms with Gasteiger partial charge < -0.3 is 4.23 Å². The Morgan fingerprint density at radius 1 is 0.519 bits per heavy atom. The normalized spacial score (nSPS) is 12.4. The van der Waals surface area contributed by atoms with Gasteiger partial charge in [-0.1, -0.05) is 136 Å². The third-order valence-electron chi connectivity index (χ3n) is 6.12. The Bertz CT molecular complexity index is 281. The van der Waals surface area contributed by atoms with Crippen molar-refractivity contribution in [1.82, 2.24) is 4.23 Å². The van der Waals surface area contributed by atoms with Gasteiger partial charge in [0, 0.05) is 0 Å². The molecule has 0 saturated carbocycles. The Morgan fingerprint density at radius 2 is 0.815 bits per heavy atom. The zero-order valence-corrected chi connectivity index (χ0v) is 22.2. The molecule has 0 aliphatic carbocycles. The van der Waals surface area contributed by atoms with Crippen molar-refractivity contribution in [2.75, 3.05) is 7.05 Å². The summed E-state index contributed by atoms with van der Waals surface area (Å²) in [6.07, 6.45) is 23.3. The highest BCUT2D eigenvalue weighted by atomic mass is 28.4. The maximum atomic E-state index is 2.90. The molecule has 0 saturated heterocycles. The summed E-state index contributed by atoms with van der Waals surface area (Å²) >= 11 is 0. The van der Waals surface area contributed by atoms with Crippen molar-refractivity contribution in [2.24, 2.45) is 0 Å². The van der Waals surface area contributed by atoms with Gasteiger partial charge >= 0.3 is 0 Å². The van der Waals surface area contributed by atoms with E-state index >= 15 is 0 Å². The van der Waals surface area contributed by atoms with E-state index in [2.05, 4.69) is 44.8 Å². The van der Waals surface area contributed by atoms with Crippen molar-refractivity contribution in [3.8, 4) is 0 Å². The summed E-state index contributed by atoms with van der Waals surface area (Å²) in [6.45, 7) is 12.2. The molecule has 1 radical (unpaired) electrons. The van der Waals surface area contributed by atoms with Crippen molar-refractivity contribution in [1.29, 1.82) is 0 Å². The lowest BCUT2D eigenvalue weighted by atomic mass is 10.1.